The molecule has 1 fully saturated rings. The molecule has 1 unspecified atom stereocenters. The second kappa shape index (κ2) is 5.41. The molecule has 1 heterocycles. The summed E-state index contributed by atoms with van der Waals surface area (Å²) in [7, 11) is 0. The third-order valence-corrected chi connectivity index (χ3v) is 4.63. The van der Waals surface area contributed by atoms with Gasteiger partial charge >= 0.3 is 0 Å². The molecule has 18 heavy (non-hydrogen) atoms. The number of nitrogens with zero attached hydrogens (tertiary/aromatic N) is 1. The van der Waals surface area contributed by atoms with Gasteiger partial charge in [-0.3, -0.25) is 4.90 Å². The highest BCUT2D eigenvalue weighted by molar-refractivity contribution is 5.32. The largest absolute Gasteiger partial charge is 0.311 e. The van der Waals surface area contributed by atoms with Gasteiger partial charge in [-0.15, -0.1) is 0 Å². The molecule has 1 aliphatic heterocycles. The van der Waals surface area contributed by atoms with Crippen molar-refractivity contribution in [2.45, 2.75) is 51.2 Å². The SMILES string of the molecule is CCN(C1CCCC1)C1CNCc2ccccc21. The minimum atomic E-state index is 0.586. The number of benzene rings is 1. The topological polar surface area (TPSA) is 15.3 Å². The van der Waals surface area contributed by atoms with Crippen molar-refractivity contribution in [3.63, 3.8) is 0 Å². The number of likely N-dealkylation sites (N-methyl/N-ethyl adjacent to an activating group) is 1. The van der Waals surface area contributed by atoms with Crippen molar-refractivity contribution in [3.05, 3.63) is 35.4 Å². The lowest BCUT2D eigenvalue weighted by Crippen LogP contribution is -2.44. The van der Waals surface area contributed by atoms with Gasteiger partial charge in [-0.05, 0) is 30.5 Å². The molecule has 1 saturated carbocycles. The van der Waals surface area contributed by atoms with Gasteiger partial charge in [-0.25, -0.2) is 0 Å². The van der Waals surface area contributed by atoms with E-state index in [4.69, 9.17) is 0 Å². The van der Waals surface area contributed by atoms with Gasteiger partial charge in [0.1, 0.15) is 0 Å². The van der Waals surface area contributed by atoms with E-state index in [2.05, 4.69) is 41.4 Å². The summed E-state index contributed by atoms with van der Waals surface area (Å²) in [5, 5.41) is 3.59. The zero-order valence-electron chi connectivity index (χ0n) is 11.4. The Kier molecular flexibility index (Phi) is 3.67. The van der Waals surface area contributed by atoms with E-state index in [1.54, 1.807) is 5.56 Å². The van der Waals surface area contributed by atoms with Crippen LogP contribution in [0.15, 0.2) is 24.3 Å². The van der Waals surface area contributed by atoms with Crippen molar-refractivity contribution in [1.82, 2.24) is 10.2 Å². The standard InChI is InChI=1S/C16H24N2/c1-2-18(14-8-4-5-9-14)16-12-17-11-13-7-3-6-10-15(13)16/h3,6-7,10,14,16-17H,2,4-5,8-9,11-12H2,1H3. The molecule has 1 aliphatic carbocycles. The molecule has 0 radical (unpaired) electrons. The van der Waals surface area contributed by atoms with E-state index in [-0.39, 0.29) is 0 Å². The zero-order valence-corrected chi connectivity index (χ0v) is 11.4. The van der Waals surface area contributed by atoms with Gasteiger partial charge in [0, 0.05) is 25.2 Å². The molecule has 0 bridgehead atoms. The smallest absolute Gasteiger partial charge is 0.0478 e. The van der Waals surface area contributed by atoms with E-state index in [0.29, 0.717) is 6.04 Å². The molecule has 0 aromatic heterocycles. The lowest BCUT2D eigenvalue weighted by Gasteiger charge is -2.39. The minimum absolute atomic E-state index is 0.586. The van der Waals surface area contributed by atoms with Crippen molar-refractivity contribution < 1.29 is 0 Å². The average molecular weight is 244 g/mol. The number of rotatable bonds is 3. The highest BCUT2D eigenvalue weighted by Gasteiger charge is 2.30. The maximum Gasteiger partial charge on any atom is 0.0478 e. The van der Waals surface area contributed by atoms with Gasteiger partial charge in [0.05, 0.1) is 0 Å². The van der Waals surface area contributed by atoms with Crippen molar-refractivity contribution in [2.24, 2.45) is 0 Å². The van der Waals surface area contributed by atoms with Crippen LogP contribution in [0.3, 0.4) is 0 Å². The predicted octanol–water partition coefficient (Wildman–Crippen LogP) is 3.10. The van der Waals surface area contributed by atoms with Crippen LogP contribution in [0.4, 0.5) is 0 Å². The Morgan fingerprint density at radius 3 is 2.78 bits per heavy atom. The van der Waals surface area contributed by atoms with Crippen LogP contribution in [0.5, 0.6) is 0 Å². The lowest BCUT2D eigenvalue weighted by molar-refractivity contribution is 0.135. The Morgan fingerprint density at radius 2 is 2.00 bits per heavy atom. The van der Waals surface area contributed by atoms with Gasteiger partial charge in [-0.1, -0.05) is 44.0 Å². The summed E-state index contributed by atoms with van der Waals surface area (Å²) in [6.45, 7) is 5.64. The molecule has 2 nitrogen and oxygen atoms in total. The third-order valence-electron chi connectivity index (χ3n) is 4.63. The molecule has 98 valence electrons. The number of hydrogen-bond acceptors (Lipinski definition) is 2. The number of fused-ring (bicyclic) bond motifs is 1. The van der Waals surface area contributed by atoms with Gasteiger partial charge in [0.25, 0.3) is 0 Å². The summed E-state index contributed by atoms with van der Waals surface area (Å²) in [6.07, 6.45) is 5.63. The highest BCUT2D eigenvalue weighted by Crippen LogP contribution is 2.33. The van der Waals surface area contributed by atoms with E-state index in [0.717, 1.165) is 19.1 Å². The minimum Gasteiger partial charge on any atom is -0.311 e. The summed E-state index contributed by atoms with van der Waals surface area (Å²) < 4.78 is 0. The van der Waals surface area contributed by atoms with Gasteiger partial charge in [0.15, 0.2) is 0 Å². The third kappa shape index (κ3) is 2.19. The van der Waals surface area contributed by atoms with E-state index in [1.165, 1.54) is 37.8 Å². The van der Waals surface area contributed by atoms with E-state index >= 15 is 0 Å². The average Bonchev–Trinajstić information content (AvgIpc) is 2.94. The zero-order chi connectivity index (χ0) is 12.4. The monoisotopic (exact) mass is 244 g/mol. The maximum absolute atomic E-state index is 3.59. The first-order valence-electron chi connectivity index (χ1n) is 7.44. The molecule has 0 saturated heterocycles. The van der Waals surface area contributed by atoms with Crippen LogP contribution in [0.2, 0.25) is 0 Å². The molecule has 0 amide bonds. The summed E-state index contributed by atoms with van der Waals surface area (Å²) in [5.74, 6) is 0. The summed E-state index contributed by atoms with van der Waals surface area (Å²) >= 11 is 0. The van der Waals surface area contributed by atoms with Gasteiger partial charge < -0.3 is 5.32 Å². The van der Waals surface area contributed by atoms with E-state index < -0.39 is 0 Å². The second-order valence-electron chi connectivity index (χ2n) is 5.61. The van der Waals surface area contributed by atoms with Crippen molar-refractivity contribution in [3.8, 4) is 0 Å². The Hall–Kier alpha value is -0.860. The molecular weight excluding hydrogens is 220 g/mol. The molecular formula is C16H24N2. The van der Waals surface area contributed by atoms with Crippen LogP contribution in [0, 0.1) is 0 Å². The molecule has 2 heteroatoms. The first-order valence-corrected chi connectivity index (χ1v) is 7.44. The van der Waals surface area contributed by atoms with Crippen LogP contribution in [0.25, 0.3) is 0 Å². The summed E-state index contributed by atoms with van der Waals surface area (Å²) in [6, 6.07) is 10.4. The van der Waals surface area contributed by atoms with Crippen LogP contribution in [-0.2, 0) is 6.54 Å². The second-order valence-corrected chi connectivity index (χ2v) is 5.61. The van der Waals surface area contributed by atoms with Crippen LogP contribution in [0.1, 0.15) is 49.8 Å². The normalized spacial score (nSPS) is 24.4. The molecule has 0 spiro atoms. The predicted molar refractivity (Wildman–Crippen MR) is 75.5 cm³/mol. The summed E-state index contributed by atoms with van der Waals surface area (Å²) in [4.78, 5) is 2.73. The van der Waals surface area contributed by atoms with E-state index in [9.17, 15) is 0 Å². The Morgan fingerprint density at radius 1 is 1.22 bits per heavy atom. The number of nitrogens with one attached hydrogen (secondary N) is 1. The van der Waals surface area contributed by atoms with Crippen molar-refractivity contribution in [2.75, 3.05) is 13.1 Å². The van der Waals surface area contributed by atoms with Gasteiger partial charge in [-0.2, -0.15) is 0 Å². The molecule has 1 aromatic carbocycles. The first-order chi connectivity index (χ1) is 8.90. The fourth-order valence-corrected chi connectivity index (χ4v) is 3.74. The van der Waals surface area contributed by atoms with E-state index in [1.807, 2.05) is 0 Å². The maximum atomic E-state index is 3.59. The van der Waals surface area contributed by atoms with Crippen molar-refractivity contribution >= 4 is 0 Å². The fraction of sp³-hybridized carbons (Fsp3) is 0.625. The summed E-state index contributed by atoms with van der Waals surface area (Å²) in [5.41, 5.74) is 3.05. The molecule has 2 aliphatic rings. The quantitative estimate of drug-likeness (QED) is 0.879. The van der Waals surface area contributed by atoms with Crippen LogP contribution >= 0.6 is 0 Å². The Bertz CT molecular complexity index is 396. The first kappa shape index (κ1) is 12.2. The van der Waals surface area contributed by atoms with Crippen LogP contribution < -0.4 is 5.32 Å². The Balaban J connectivity index is 1.87. The molecule has 1 aromatic rings. The lowest BCUT2D eigenvalue weighted by atomic mass is 9.94. The molecule has 1 atom stereocenters. The number of hydrogen-bond donors (Lipinski definition) is 1. The van der Waals surface area contributed by atoms with Crippen molar-refractivity contribution in [1.29, 1.82) is 0 Å². The van der Waals surface area contributed by atoms with Gasteiger partial charge in [0.2, 0.25) is 0 Å². The molecule has 3 rings (SSSR count). The Labute approximate surface area is 110 Å². The van der Waals surface area contributed by atoms with Crippen LogP contribution in [-0.4, -0.2) is 24.0 Å². The highest BCUT2D eigenvalue weighted by atomic mass is 15.2. The molecule has 1 N–H and O–H groups in total. The fourth-order valence-electron chi connectivity index (χ4n) is 3.74.